The summed E-state index contributed by atoms with van der Waals surface area (Å²) in [6.07, 6.45) is 0.845. The molecule has 0 radical (unpaired) electrons. The van der Waals surface area contributed by atoms with Gasteiger partial charge in [0, 0.05) is 10.5 Å². The standard InChI is InChI=1S/C15H14BrCl2N/c1-19-14(9-10-5-2-3-7-12(10)16)11-6-4-8-13(17)15(11)18/h2-8,14,19H,9H2,1H3. The van der Waals surface area contributed by atoms with E-state index >= 15 is 0 Å². The number of hydrogen-bond acceptors (Lipinski definition) is 1. The van der Waals surface area contributed by atoms with Crippen molar-refractivity contribution in [3.8, 4) is 0 Å². The lowest BCUT2D eigenvalue weighted by Gasteiger charge is -2.19. The SMILES string of the molecule is CNC(Cc1ccccc1Br)c1cccc(Cl)c1Cl. The molecule has 0 saturated heterocycles. The van der Waals surface area contributed by atoms with Gasteiger partial charge in [0.25, 0.3) is 0 Å². The molecule has 0 heterocycles. The molecule has 100 valence electrons. The topological polar surface area (TPSA) is 12.0 Å². The number of benzene rings is 2. The van der Waals surface area contributed by atoms with Gasteiger partial charge in [-0.2, -0.15) is 0 Å². The van der Waals surface area contributed by atoms with Crippen molar-refractivity contribution >= 4 is 39.1 Å². The predicted molar refractivity (Wildman–Crippen MR) is 86.1 cm³/mol. The quantitative estimate of drug-likeness (QED) is 0.786. The molecule has 0 aliphatic rings. The van der Waals surface area contributed by atoms with E-state index in [1.807, 2.05) is 37.4 Å². The van der Waals surface area contributed by atoms with Crippen LogP contribution < -0.4 is 5.32 Å². The zero-order valence-electron chi connectivity index (χ0n) is 10.5. The zero-order valence-corrected chi connectivity index (χ0v) is 13.6. The fourth-order valence-electron chi connectivity index (χ4n) is 2.04. The maximum Gasteiger partial charge on any atom is 0.0640 e. The minimum absolute atomic E-state index is 0.130. The van der Waals surface area contributed by atoms with Crippen LogP contribution in [0.5, 0.6) is 0 Å². The van der Waals surface area contributed by atoms with Crippen LogP contribution in [0.1, 0.15) is 17.2 Å². The summed E-state index contributed by atoms with van der Waals surface area (Å²) >= 11 is 15.9. The van der Waals surface area contributed by atoms with Crippen LogP contribution in [0.25, 0.3) is 0 Å². The van der Waals surface area contributed by atoms with Crippen molar-refractivity contribution < 1.29 is 0 Å². The highest BCUT2D eigenvalue weighted by Gasteiger charge is 2.16. The summed E-state index contributed by atoms with van der Waals surface area (Å²) in [7, 11) is 1.93. The summed E-state index contributed by atoms with van der Waals surface area (Å²) in [6, 6.07) is 14.1. The normalized spacial score (nSPS) is 12.4. The first kappa shape index (κ1) is 14.9. The maximum absolute atomic E-state index is 6.29. The van der Waals surface area contributed by atoms with E-state index in [0.29, 0.717) is 10.0 Å². The van der Waals surface area contributed by atoms with Gasteiger partial charge in [0.05, 0.1) is 10.0 Å². The summed E-state index contributed by atoms with van der Waals surface area (Å²) in [4.78, 5) is 0. The van der Waals surface area contributed by atoms with E-state index in [0.717, 1.165) is 16.5 Å². The lowest BCUT2D eigenvalue weighted by Crippen LogP contribution is -2.19. The first-order valence-corrected chi connectivity index (χ1v) is 7.53. The molecule has 2 aromatic rings. The summed E-state index contributed by atoms with van der Waals surface area (Å²) in [6.45, 7) is 0. The van der Waals surface area contributed by atoms with Crippen LogP contribution in [0.15, 0.2) is 46.9 Å². The zero-order chi connectivity index (χ0) is 13.8. The molecule has 1 nitrogen and oxygen atoms in total. The Labute approximate surface area is 132 Å². The Morgan fingerprint density at radius 3 is 2.53 bits per heavy atom. The molecule has 1 N–H and O–H groups in total. The number of halogens is 3. The molecule has 2 rings (SSSR count). The smallest absolute Gasteiger partial charge is 0.0640 e. The van der Waals surface area contributed by atoms with Gasteiger partial charge in [0.1, 0.15) is 0 Å². The Morgan fingerprint density at radius 1 is 1.11 bits per heavy atom. The molecule has 0 aliphatic carbocycles. The van der Waals surface area contributed by atoms with Gasteiger partial charge in [0.15, 0.2) is 0 Å². The lowest BCUT2D eigenvalue weighted by molar-refractivity contribution is 0.591. The van der Waals surface area contributed by atoms with E-state index in [2.05, 4.69) is 27.3 Å². The summed E-state index contributed by atoms with van der Waals surface area (Å²) in [5.41, 5.74) is 2.25. The average Bonchev–Trinajstić information content (AvgIpc) is 2.41. The Kier molecular flexibility index (Phi) is 5.28. The first-order chi connectivity index (χ1) is 9.13. The molecule has 2 aromatic carbocycles. The van der Waals surface area contributed by atoms with Gasteiger partial charge < -0.3 is 5.32 Å². The van der Waals surface area contributed by atoms with Crippen molar-refractivity contribution in [2.24, 2.45) is 0 Å². The van der Waals surface area contributed by atoms with Gasteiger partial charge in [-0.15, -0.1) is 0 Å². The highest BCUT2D eigenvalue weighted by atomic mass is 79.9. The Balaban J connectivity index is 2.31. The van der Waals surface area contributed by atoms with Crippen molar-refractivity contribution in [2.75, 3.05) is 7.05 Å². The molecule has 19 heavy (non-hydrogen) atoms. The minimum Gasteiger partial charge on any atom is -0.313 e. The largest absolute Gasteiger partial charge is 0.313 e. The molecule has 0 fully saturated rings. The van der Waals surface area contributed by atoms with E-state index in [9.17, 15) is 0 Å². The predicted octanol–water partition coefficient (Wildman–Crippen LogP) is 5.26. The second kappa shape index (κ2) is 6.76. The Bertz CT molecular complexity index is 572. The monoisotopic (exact) mass is 357 g/mol. The molecule has 0 aliphatic heterocycles. The van der Waals surface area contributed by atoms with E-state index in [1.54, 1.807) is 6.07 Å². The number of hydrogen-bond donors (Lipinski definition) is 1. The number of likely N-dealkylation sites (N-methyl/N-ethyl adjacent to an activating group) is 1. The first-order valence-electron chi connectivity index (χ1n) is 5.98. The highest BCUT2D eigenvalue weighted by molar-refractivity contribution is 9.10. The highest BCUT2D eigenvalue weighted by Crippen LogP contribution is 2.32. The summed E-state index contributed by atoms with van der Waals surface area (Å²) in [5, 5.41) is 4.51. The van der Waals surface area contributed by atoms with Gasteiger partial charge in [0.2, 0.25) is 0 Å². The lowest BCUT2D eigenvalue weighted by atomic mass is 9.99. The maximum atomic E-state index is 6.29. The van der Waals surface area contributed by atoms with Crippen molar-refractivity contribution in [2.45, 2.75) is 12.5 Å². The molecule has 1 unspecified atom stereocenters. The van der Waals surface area contributed by atoms with Crippen LogP contribution in [0, 0.1) is 0 Å². The van der Waals surface area contributed by atoms with Crippen LogP contribution in [0.3, 0.4) is 0 Å². The van der Waals surface area contributed by atoms with E-state index in [-0.39, 0.29) is 6.04 Å². The molecule has 0 bridgehead atoms. The van der Waals surface area contributed by atoms with Crippen LogP contribution in [0.2, 0.25) is 10.0 Å². The molecule has 0 spiro atoms. The van der Waals surface area contributed by atoms with Gasteiger partial charge in [-0.1, -0.05) is 69.5 Å². The fourth-order valence-corrected chi connectivity index (χ4v) is 2.93. The fraction of sp³-hybridized carbons (Fsp3) is 0.200. The molecule has 0 aromatic heterocycles. The molecule has 0 amide bonds. The van der Waals surface area contributed by atoms with Gasteiger partial charge in [-0.05, 0) is 36.7 Å². The Hall–Kier alpha value is -0.540. The third kappa shape index (κ3) is 3.51. The molecule has 4 heteroatoms. The van der Waals surface area contributed by atoms with Crippen molar-refractivity contribution in [1.82, 2.24) is 5.32 Å². The van der Waals surface area contributed by atoms with Crippen molar-refractivity contribution in [3.63, 3.8) is 0 Å². The van der Waals surface area contributed by atoms with E-state index in [1.165, 1.54) is 5.56 Å². The van der Waals surface area contributed by atoms with E-state index < -0.39 is 0 Å². The van der Waals surface area contributed by atoms with E-state index in [4.69, 9.17) is 23.2 Å². The molecular formula is C15H14BrCl2N. The van der Waals surface area contributed by atoms with Gasteiger partial charge in [-0.3, -0.25) is 0 Å². The summed E-state index contributed by atoms with van der Waals surface area (Å²) < 4.78 is 1.11. The van der Waals surface area contributed by atoms with Crippen molar-refractivity contribution in [3.05, 3.63) is 68.1 Å². The van der Waals surface area contributed by atoms with Crippen LogP contribution in [0.4, 0.5) is 0 Å². The van der Waals surface area contributed by atoms with Crippen LogP contribution in [-0.4, -0.2) is 7.05 Å². The molecule has 0 saturated carbocycles. The molecular weight excluding hydrogens is 345 g/mol. The third-order valence-electron chi connectivity index (χ3n) is 3.09. The molecule has 1 atom stereocenters. The van der Waals surface area contributed by atoms with Gasteiger partial charge >= 0.3 is 0 Å². The summed E-state index contributed by atoms with van der Waals surface area (Å²) in [5.74, 6) is 0. The van der Waals surface area contributed by atoms with Gasteiger partial charge in [-0.25, -0.2) is 0 Å². The van der Waals surface area contributed by atoms with Crippen molar-refractivity contribution in [1.29, 1.82) is 0 Å². The second-order valence-corrected chi connectivity index (χ2v) is 5.92. The number of nitrogens with one attached hydrogen (secondary N) is 1. The third-order valence-corrected chi connectivity index (χ3v) is 4.69. The van der Waals surface area contributed by atoms with Crippen LogP contribution >= 0.6 is 39.1 Å². The van der Waals surface area contributed by atoms with Crippen LogP contribution in [-0.2, 0) is 6.42 Å². The number of rotatable bonds is 4. The minimum atomic E-state index is 0.130. The average molecular weight is 359 g/mol. The second-order valence-electron chi connectivity index (χ2n) is 4.28. The Morgan fingerprint density at radius 2 is 1.84 bits per heavy atom.